The first kappa shape index (κ1) is 5.69. The van der Waals surface area contributed by atoms with Crippen LogP contribution in [0.3, 0.4) is 0 Å². The standard InChI is InChI=1S/C7H13NO/c1-2-7(1)9-5-6-3-8-4-6/h6-8H,1-5H2. The molecule has 52 valence electrons. The van der Waals surface area contributed by atoms with E-state index in [1.165, 1.54) is 25.9 Å². The molecule has 0 atom stereocenters. The average Bonchev–Trinajstić information content (AvgIpc) is 2.44. The minimum atomic E-state index is 0.644. The molecule has 1 aliphatic carbocycles. The molecular formula is C7H13NO. The van der Waals surface area contributed by atoms with Gasteiger partial charge in [-0.05, 0) is 12.8 Å². The molecule has 0 aromatic carbocycles. The van der Waals surface area contributed by atoms with Gasteiger partial charge in [-0.25, -0.2) is 0 Å². The highest BCUT2D eigenvalue weighted by molar-refractivity contribution is 4.78. The molecule has 0 unspecified atom stereocenters. The summed E-state index contributed by atoms with van der Waals surface area (Å²) < 4.78 is 5.52. The van der Waals surface area contributed by atoms with Crippen molar-refractivity contribution in [2.75, 3.05) is 19.7 Å². The molecule has 2 fully saturated rings. The highest BCUT2D eigenvalue weighted by atomic mass is 16.5. The van der Waals surface area contributed by atoms with Crippen LogP contribution in [0.2, 0.25) is 0 Å². The molecule has 1 saturated carbocycles. The predicted octanol–water partition coefficient (Wildman–Crippen LogP) is 0.385. The lowest BCUT2D eigenvalue weighted by Crippen LogP contribution is -2.44. The van der Waals surface area contributed by atoms with Crippen molar-refractivity contribution in [3.63, 3.8) is 0 Å². The molecule has 0 aromatic rings. The molecule has 1 N–H and O–H groups in total. The maximum atomic E-state index is 5.52. The van der Waals surface area contributed by atoms with E-state index in [0.717, 1.165) is 12.5 Å². The Kier molecular flexibility index (Phi) is 1.44. The van der Waals surface area contributed by atoms with Crippen LogP contribution in [0.15, 0.2) is 0 Å². The van der Waals surface area contributed by atoms with Gasteiger partial charge in [0.15, 0.2) is 0 Å². The quantitative estimate of drug-likeness (QED) is 0.592. The van der Waals surface area contributed by atoms with Gasteiger partial charge in [0.05, 0.1) is 12.7 Å². The van der Waals surface area contributed by atoms with Crippen molar-refractivity contribution in [2.24, 2.45) is 5.92 Å². The molecule has 0 amide bonds. The van der Waals surface area contributed by atoms with Gasteiger partial charge < -0.3 is 10.1 Å². The van der Waals surface area contributed by atoms with Gasteiger partial charge in [0.25, 0.3) is 0 Å². The Bertz CT molecular complexity index is 97.1. The van der Waals surface area contributed by atoms with E-state index in [-0.39, 0.29) is 0 Å². The van der Waals surface area contributed by atoms with E-state index in [0.29, 0.717) is 6.10 Å². The second-order valence-corrected chi connectivity index (χ2v) is 3.06. The lowest BCUT2D eigenvalue weighted by atomic mass is 10.1. The fourth-order valence-corrected chi connectivity index (χ4v) is 0.973. The highest BCUT2D eigenvalue weighted by Crippen LogP contribution is 2.24. The number of hydrogen-bond donors (Lipinski definition) is 1. The van der Waals surface area contributed by atoms with Crippen molar-refractivity contribution >= 4 is 0 Å². The van der Waals surface area contributed by atoms with Crippen molar-refractivity contribution in [3.8, 4) is 0 Å². The molecule has 1 heterocycles. The molecule has 2 heteroatoms. The Hall–Kier alpha value is -0.0800. The number of rotatable bonds is 3. The van der Waals surface area contributed by atoms with E-state index in [4.69, 9.17) is 4.74 Å². The first-order valence-corrected chi connectivity index (χ1v) is 3.77. The van der Waals surface area contributed by atoms with Crippen LogP contribution in [0.1, 0.15) is 12.8 Å². The highest BCUT2D eigenvalue weighted by Gasteiger charge is 2.25. The van der Waals surface area contributed by atoms with E-state index < -0.39 is 0 Å². The van der Waals surface area contributed by atoms with Gasteiger partial charge in [0.2, 0.25) is 0 Å². The van der Waals surface area contributed by atoms with Crippen LogP contribution in [-0.2, 0) is 4.74 Å². The maximum absolute atomic E-state index is 5.52. The van der Waals surface area contributed by atoms with Gasteiger partial charge in [-0.2, -0.15) is 0 Å². The van der Waals surface area contributed by atoms with Gasteiger partial charge in [-0.3, -0.25) is 0 Å². The van der Waals surface area contributed by atoms with Crippen LogP contribution >= 0.6 is 0 Å². The summed E-state index contributed by atoms with van der Waals surface area (Å²) in [5, 5.41) is 3.23. The molecule has 2 rings (SSSR count). The van der Waals surface area contributed by atoms with Crippen molar-refractivity contribution in [3.05, 3.63) is 0 Å². The zero-order chi connectivity index (χ0) is 6.10. The van der Waals surface area contributed by atoms with E-state index in [1.54, 1.807) is 0 Å². The third kappa shape index (κ3) is 1.43. The molecular weight excluding hydrogens is 114 g/mol. The molecule has 0 radical (unpaired) electrons. The minimum absolute atomic E-state index is 0.644. The van der Waals surface area contributed by atoms with Crippen molar-refractivity contribution < 1.29 is 4.74 Å². The SMILES string of the molecule is C1NCC1COC1CC1. The predicted molar refractivity (Wildman–Crippen MR) is 35.3 cm³/mol. The zero-order valence-electron chi connectivity index (χ0n) is 5.60. The van der Waals surface area contributed by atoms with E-state index in [2.05, 4.69) is 5.32 Å². The number of nitrogens with one attached hydrogen (secondary N) is 1. The summed E-state index contributed by atoms with van der Waals surface area (Å²) in [7, 11) is 0. The fourth-order valence-electron chi connectivity index (χ4n) is 0.973. The van der Waals surface area contributed by atoms with Crippen molar-refractivity contribution in [1.29, 1.82) is 0 Å². The van der Waals surface area contributed by atoms with Gasteiger partial charge in [0.1, 0.15) is 0 Å². The molecule has 0 bridgehead atoms. The summed E-state index contributed by atoms with van der Waals surface area (Å²) in [4.78, 5) is 0. The largest absolute Gasteiger partial charge is 0.378 e. The van der Waals surface area contributed by atoms with Crippen LogP contribution in [0.25, 0.3) is 0 Å². The smallest absolute Gasteiger partial charge is 0.0577 e. The fraction of sp³-hybridized carbons (Fsp3) is 1.00. The van der Waals surface area contributed by atoms with Crippen LogP contribution in [0.4, 0.5) is 0 Å². The summed E-state index contributed by atoms with van der Waals surface area (Å²) in [6.45, 7) is 3.34. The van der Waals surface area contributed by atoms with Crippen molar-refractivity contribution in [2.45, 2.75) is 18.9 Å². The van der Waals surface area contributed by atoms with E-state index in [9.17, 15) is 0 Å². The first-order valence-electron chi connectivity index (χ1n) is 3.77. The third-order valence-electron chi connectivity index (χ3n) is 1.96. The second-order valence-electron chi connectivity index (χ2n) is 3.06. The Morgan fingerprint density at radius 1 is 1.33 bits per heavy atom. The molecule has 0 aromatic heterocycles. The summed E-state index contributed by atoms with van der Waals surface area (Å²) in [6.07, 6.45) is 3.26. The van der Waals surface area contributed by atoms with Gasteiger partial charge >= 0.3 is 0 Å². The Labute approximate surface area is 55.6 Å². The Balaban J connectivity index is 1.55. The summed E-state index contributed by atoms with van der Waals surface area (Å²) in [6, 6.07) is 0. The lowest BCUT2D eigenvalue weighted by molar-refractivity contribution is 0.0682. The Morgan fingerprint density at radius 3 is 2.56 bits per heavy atom. The van der Waals surface area contributed by atoms with Crippen LogP contribution in [0.5, 0.6) is 0 Å². The summed E-state index contributed by atoms with van der Waals surface area (Å²) >= 11 is 0. The second kappa shape index (κ2) is 2.27. The zero-order valence-corrected chi connectivity index (χ0v) is 5.60. The van der Waals surface area contributed by atoms with Crippen LogP contribution in [0, 0.1) is 5.92 Å². The van der Waals surface area contributed by atoms with Gasteiger partial charge in [-0.15, -0.1) is 0 Å². The van der Waals surface area contributed by atoms with Gasteiger partial charge in [0, 0.05) is 19.0 Å². The minimum Gasteiger partial charge on any atom is -0.378 e. The van der Waals surface area contributed by atoms with E-state index >= 15 is 0 Å². The topological polar surface area (TPSA) is 21.3 Å². The molecule has 0 spiro atoms. The summed E-state index contributed by atoms with van der Waals surface area (Å²) in [5.74, 6) is 0.825. The third-order valence-corrected chi connectivity index (χ3v) is 1.96. The van der Waals surface area contributed by atoms with Crippen LogP contribution < -0.4 is 5.32 Å². The molecule has 2 nitrogen and oxygen atoms in total. The van der Waals surface area contributed by atoms with Crippen LogP contribution in [-0.4, -0.2) is 25.8 Å². The number of hydrogen-bond acceptors (Lipinski definition) is 2. The lowest BCUT2D eigenvalue weighted by Gasteiger charge is -2.26. The molecule has 2 aliphatic rings. The molecule has 9 heavy (non-hydrogen) atoms. The monoisotopic (exact) mass is 127 g/mol. The normalized spacial score (nSPS) is 28.0. The molecule has 1 saturated heterocycles. The van der Waals surface area contributed by atoms with Gasteiger partial charge in [-0.1, -0.05) is 0 Å². The summed E-state index contributed by atoms with van der Waals surface area (Å²) in [5.41, 5.74) is 0. The number of ether oxygens (including phenoxy) is 1. The average molecular weight is 127 g/mol. The molecule has 1 aliphatic heterocycles. The Morgan fingerprint density at radius 2 is 2.11 bits per heavy atom. The first-order chi connectivity index (χ1) is 4.45. The van der Waals surface area contributed by atoms with E-state index in [1.807, 2.05) is 0 Å². The van der Waals surface area contributed by atoms with Crippen molar-refractivity contribution in [1.82, 2.24) is 5.32 Å². The maximum Gasteiger partial charge on any atom is 0.0577 e.